The van der Waals surface area contributed by atoms with Gasteiger partial charge in [0.05, 0.1) is 17.4 Å². The average Bonchev–Trinajstić information content (AvgIpc) is 2.30. The number of nitrogens with zero attached hydrogens (tertiary/aromatic N) is 2. The van der Waals surface area contributed by atoms with E-state index in [9.17, 15) is 0 Å². The van der Waals surface area contributed by atoms with E-state index in [2.05, 4.69) is 46.5 Å². The lowest BCUT2D eigenvalue weighted by atomic mass is 10.1. The highest BCUT2D eigenvalue weighted by atomic mass is 35.5. The molecule has 1 heterocycles. The molecule has 2 rings (SSSR count). The smallest absolute Gasteiger partial charge is 0.222 e. The number of aromatic nitrogens is 2. The summed E-state index contributed by atoms with van der Waals surface area (Å²) in [4.78, 5) is 8.11. The van der Waals surface area contributed by atoms with E-state index in [-0.39, 0.29) is 0 Å². The van der Waals surface area contributed by atoms with Crippen LogP contribution in [0.15, 0.2) is 36.7 Å². The van der Waals surface area contributed by atoms with Crippen molar-refractivity contribution < 1.29 is 0 Å². The predicted octanol–water partition coefficient (Wildman–Crippen LogP) is 3.05. The van der Waals surface area contributed by atoms with Crippen molar-refractivity contribution in [1.29, 1.82) is 0 Å². The molecule has 0 aliphatic rings. The van der Waals surface area contributed by atoms with Crippen LogP contribution in [0.4, 0.5) is 5.95 Å². The second-order valence-electron chi connectivity index (χ2n) is 3.56. The van der Waals surface area contributed by atoms with Gasteiger partial charge in [-0.3, -0.25) is 0 Å². The van der Waals surface area contributed by atoms with Crippen LogP contribution in [-0.4, -0.2) is 9.97 Å². The largest absolute Gasteiger partial charge is 0.350 e. The molecule has 1 aromatic carbocycles. The SMILES string of the molecule is Cc1ccc(CNc2ncc(Cl)cn2)cc1. The summed E-state index contributed by atoms with van der Waals surface area (Å²) in [5.74, 6) is 0.588. The zero-order valence-corrected chi connectivity index (χ0v) is 9.70. The van der Waals surface area contributed by atoms with Gasteiger partial charge in [0.25, 0.3) is 0 Å². The number of aryl methyl sites for hydroxylation is 1. The predicted molar refractivity (Wildman–Crippen MR) is 65.5 cm³/mol. The van der Waals surface area contributed by atoms with Crippen LogP contribution in [0.25, 0.3) is 0 Å². The molecule has 0 fully saturated rings. The molecule has 0 atom stereocenters. The van der Waals surface area contributed by atoms with Gasteiger partial charge in [-0.15, -0.1) is 0 Å². The van der Waals surface area contributed by atoms with Crippen LogP contribution in [0, 0.1) is 6.92 Å². The Balaban J connectivity index is 1.97. The van der Waals surface area contributed by atoms with Gasteiger partial charge in [0.15, 0.2) is 0 Å². The first-order valence-electron chi connectivity index (χ1n) is 5.01. The highest BCUT2D eigenvalue weighted by Crippen LogP contribution is 2.08. The summed E-state index contributed by atoms with van der Waals surface area (Å²) < 4.78 is 0. The standard InChI is InChI=1S/C12H12ClN3/c1-9-2-4-10(5-3-9)6-14-12-15-7-11(13)8-16-12/h2-5,7-8H,6H2,1H3,(H,14,15,16). The van der Waals surface area contributed by atoms with Crippen LogP contribution in [-0.2, 0) is 6.54 Å². The summed E-state index contributed by atoms with van der Waals surface area (Å²) in [6.45, 7) is 2.78. The van der Waals surface area contributed by atoms with Crippen LogP contribution in [0.3, 0.4) is 0 Å². The number of hydrogen-bond donors (Lipinski definition) is 1. The van der Waals surface area contributed by atoms with Gasteiger partial charge < -0.3 is 5.32 Å². The van der Waals surface area contributed by atoms with Crippen molar-refractivity contribution in [2.45, 2.75) is 13.5 Å². The van der Waals surface area contributed by atoms with Crippen molar-refractivity contribution in [2.24, 2.45) is 0 Å². The van der Waals surface area contributed by atoms with Crippen LogP contribution in [0.2, 0.25) is 5.02 Å². The fourth-order valence-electron chi connectivity index (χ4n) is 1.29. The first kappa shape index (κ1) is 10.9. The van der Waals surface area contributed by atoms with E-state index in [0.717, 1.165) is 0 Å². The molecule has 0 unspecified atom stereocenters. The van der Waals surface area contributed by atoms with Crippen LogP contribution < -0.4 is 5.32 Å². The van der Waals surface area contributed by atoms with Gasteiger partial charge >= 0.3 is 0 Å². The van der Waals surface area contributed by atoms with E-state index >= 15 is 0 Å². The molecular formula is C12H12ClN3. The van der Waals surface area contributed by atoms with E-state index < -0.39 is 0 Å². The average molecular weight is 234 g/mol. The molecule has 82 valence electrons. The van der Waals surface area contributed by atoms with E-state index in [0.29, 0.717) is 17.5 Å². The van der Waals surface area contributed by atoms with Crippen molar-refractivity contribution in [3.63, 3.8) is 0 Å². The van der Waals surface area contributed by atoms with Crippen LogP contribution in [0.1, 0.15) is 11.1 Å². The van der Waals surface area contributed by atoms with Crippen molar-refractivity contribution in [1.82, 2.24) is 9.97 Å². The second kappa shape index (κ2) is 4.94. The zero-order chi connectivity index (χ0) is 11.4. The molecule has 0 amide bonds. The highest BCUT2D eigenvalue weighted by Gasteiger charge is 1.96. The maximum Gasteiger partial charge on any atom is 0.222 e. The summed E-state index contributed by atoms with van der Waals surface area (Å²) in [5, 5.41) is 3.67. The van der Waals surface area contributed by atoms with Crippen molar-refractivity contribution >= 4 is 17.5 Å². The zero-order valence-electron chi connectivity index (χ0n) is 8.94. The topological polar surface area (TPSA) is 37.8 Å². The molecule has 4 heteroatoms. The molecule has 1 N–H and O–H groups in total. The monoisotopic (exact) mass is 233 g/mol. The van der Waals surface area contributed by atoms with Crippen molar-refractivity contribution in [3.05, 3.63) is 52.8 Å². The van der Waals surface area contributed by atoms with E-state index in [1.54, 1.807) is 12.4 Å². The van der Waals surface area contributed by atoms with Gasteiger partial charge in [0.2, 0.25) is 5.95 Å². The lowest BCUT2D eigenvalue weighted by Gasteiger charge is -2.04. The first-order valence-corrected chi connectivity index (χ1v) is 5.39. The fourth-order valence-corrected chi connectivity index (χ4v) is 1.39. The molecule has 0 aliphatic carbocycles. The minimum absolute atomic E-state index is 0.542. The maximum atomic E-state index is 5.69. The van der Waals surface area contributed by atoms with Crippen LogP contribution >= 0.6 is 11.6 Å². The maximum absolute atomic E-state index is 5.69. The van der Waals surface area contributed by atoms with Gasteiger partial charge in [-0.1, -0.05) is 41.4 Å². The third kappa shape index (κ3) is 2.94. The second-order valence-corrected chi connectivity index (χ2v) is 4.00. The van der Waals surface area contributed by atoms with E-state index in [4.69, 9.17) is 11.6 Å². The Morgan fingerprint density at radius 3 is 2.38 bits per heavy atom. The summed E-state index contributed by atoms with van der Waals surface area (Å²) in [5.41, 5.74) is 2.45. The Bertz CT molecular complexity index is 405. The summed E-state index contributed by atoms with van der Waals surface area (Å²) >= 11 is 5.69. The Morgan fingerprint density at radius 1 is 1.12 bits per heavy atom. The van der Waals surface area contributed by atoms with Crippen molar-refractivity contribution in [3.8, 4) is 0 Å². The number of halogens is 1. The minimum atomic E-state index is 0.542. The quantitative estimate of drug-likeness (QED) is 0.886. The number of hydrogen-bond acceptors (Lipinski definition) is 3. The highest BCUT2D eigenvalue weighted by molar-refractivity contribution is 6.30. The lowest BCUT2D eigenvalue weighted by molar-refractivity contribution is 1.05. The Hall–Kier alpha value is -1.61. The Morgan fingerprint density at radius 2 is 1.75 bits per heavy atom. The molecule has 0 spiro atoms. The van der Waals surface area contributed by atoms with E-state index in [1.807, 2.05) is 0 Å². The van der Waals surface area contributed by atoms with Gasteiger partial charge in [-0.2, -0.15) is 0 Å². The molecule has 0 bridgehead atoms. The molecule has 2 aromatic rings. The number of nitrogens with one attached hydrogen (secondary N) is 1. The van der Waals surface area contributed by atoms with Gasteiger partial charge in [-0.05, 0) is 12.5 Å². The number of rotatable bonds is 3. The van der Waals surface area contributed by atoms with Crippen LogP contribution in [0.5, 0.6) is 0 Å². The Kier molecular flexibility index (Phi) is 3.37. The van der Waals surface area contributed by atoms with Gasteiger partial charge in [-0.25, -0.2) is 9.97 Å². The number of anilines is 1. The normalized spacial score (nSPS) is 10.1. The molecule has 0 radical (unpaired) electrons. The molecular weight excluding hydrogens is 222 g/mol. The third-order valence-corrected chi connectivity index (χ3v) is 2.39. The molecule has 0 saturated carbocycles. The van der Waals surface area contributed by atoms with Gasteiger partial charge in [0, 0.05) is 6.54 Å². The minimum Gasteiger partial charge on any atom is -0.350 e. The summed E-state index contributed by atoms with van der Waals surface area (Å²) in [6, 6.07) is 8.33. The first-order chi connectivity index (χ1) is 7.74. The summed E-state index contributed by atoms with van der Waals surface area (Å²) in [7, 11) is 0. The lowest BCUT2D eigenvalue weighted by Crippen LogP contribution is -2.02. The van der Waals surface area contributed by atoms with E-state index in [1.165, 1.54) is 11.1 Å². The fraction of sp³-hybridized carbons (Fsp3) is 0.167. The third-order valence-electron chi connectivity index (χ3n) is 2.19. The molecule has 16 heavy (non-hydrogen) atoms. The molecule has 0 aliphatic heterocycles. The molecule has 3 nitrogen and oxygen atoms in total. The Labute approximate surface area is 99.5 Å². The number of benzene rings is 1. The molecule has 1 aromatic heterocycles. The molecule has 0 saturated heterocycles. The summed E-state index contributed by atoms with van der Waals surface area (Å²) in [6.07, 6.45) is 3.15. The van der Waals surface area contributed by atoms with Gasteiger partial charge in [0.1, 0.15) is 0 Å². The van der Waals surface area contributed by atoms with Crippen molar-refractivity contribution in [2.75, 3.05) is 5.32 Å².